The van der Waals surface area contributed by atoms with E-state index in [1.165, 1.54) is 0 Å². The van der Waals surface area contributed by atoms with Gasteiger partial charge in [0.25, 0.3) is 0 Å². The minimum atomic E-state index is -0.243. The fourth-order valence-corrected chi connectivity index (χ4v) is 3.03. The Hall–Kier alpha value is -3.08. The highest BCUT2D eigenvalue weighted by molar-refractivity contribution is 5.96. The van der Waals surface area contributed by atoms with E-state index in [-0.39, 0.29) is 11.8 Å². The van der Waals surface area contributed by atoms with Crippen LogP contribution in [-0.4, -0.2) is 17.7 Å². The molecule has 4 rings (SSSR count). The van der Waals surface area contributed by atoms with E-state index in [9.17, 15) is 4.79 Å². The van der Waals surface area contributed by atoms with E-state index < -0.39 is 0 Å². The van der Waals surface area contributed by atoms with E-state index in [2.05, 4.69) is 10.5 Å². The van der Waals surface area contributed by atoms with Crippen LogP contribution in [0.2, 0.25) is 0 Å². The summed E-state index contributed by atoms with van der Waals surface area (Å²) in [5.74, 6) is 1.10. The SMILES string of the molecule is Cc1noc(-c2ccccc2)c1NC(=O)C1COc2ccccc2C1. The van der Waals surface area contributed by atoms with Crippen molar-refractivity contribution in [1.29, 1.82) is 0 Å². The van der Waals surface area contributed by atoms with Crippen LogP contribution in [-0.2, 0) is 11.2 Å². The summed E-state index contributed by atoms with van der Waals surface area (Å²) in [5.41, 5.74) is 3.21. The smallest absolute Gasteiger partial charge is 0.231 e. The second-order valence-electron chi connectivity index (χ2n) is 6.15. The number of anilines is 1. The topological polar surface area (TPSA) is 64.4 Å². The van der Waals surface area contributed by atoms with Crippen molar-refractivity contribution in [2.45, 2.75) is 13.3 Å². The van der Waals surface area contributed by atoms with Crippen molar-refractivity contribution in [2.75, 3.05) is 11.9 Å². The quantitative estimate of drug-likeness (QED) is 0.790. The molecule has 1 amide bonds. The maximum absolute atomic E-state index is 12.8. The minimum absolute atomic E-state index is 0.0852. The number of carbonyl (C=O) groups excluding carboxylic acids is 1. The summed E-state index contributed by atoms with van der Waals surface area (Å²) in [6.45, 7) is 2.19. The number of carbonyl (C=O) groups is 1. The summed E-state index contributed by atoms with van der Waals surface area (Å²) < 4.78 is 11.2. The first-order valence-corrected chi connectivity index (χ1v) is 8.25. The number of para-hydroxylation sites is 1. The lowest BCUT2D eigenvalue weighted by molar-refractivity contribution is -0.121. The Balaban J connectivity index is 1.55. The van der Waals surface area contributed by atoms with Crippen LogP contribution in [0.3, 0.4) is 0 Å². The van der Waals surface area contributed by atoms with Crippen LogP contribution < -0.4 is 10.1 Å². The van der Waals surface area contributed by atoms with Crippen molar-refractivity contribution >= 4 is 11.6 Å². The van der Waals surface area contributed by atoms with Crippen LogP contribution in [0.4, 0.5) is 5.69 Å². The predicted molar refractivity (Wildman–Crippen MR) is 94.4 cm³/mol. The Morgan fingerprint density at radius 1 is 1.12 bits per heavy atom. The number of fused-ring (bicyclic) bond motifs is 1. The van der Waals surface area contributed by atoms with Crippen molar-refractivity contribution < 1.29 is 14.1 Å². The van der Waals surface area contributed by atoms with Gasteiger partial charge in [0, 0.05) is 5.56 Å². The third-order valence-electron chi connectivity index (χ3n) is 4.40. The third-order valence-corrected chi connectivity index (χ3v) is 4.40. The van der Waals surface area contributed by atoms with Crippen LogP contribution in [0, 0.1) is 12.8 Å². The number of hydrogen-bond donors (Lipinski definition) is 1. The largest absolute Gasteiger partial charge is 0.492 e. The minimum Gasteiger partial charge on any atom is -0.492 e. The molecule has 0 fully saturated rings. The summed E-state index contributed by atoms with van der Waals surface area (Å²) in [7, 11) is 0. The molecule has 5 heteroatoms. The molecule has 1 aliphatic rings. The number of ether oxygens (including phenoxy) is 1. The fourth-order valence-electron chi connectivity index (χ4n) is 3.03. The van der Waals surface area contributed by atoms with E-state index in [0.717, 1.165) is 16.9 Å². The van der Waals surface area contributed by atoms with Gasteiger partial charge < -0.3 is 14.6 Å². The van der Waals surface area contributed by atoms with E-state index in [1.54, 1.807) is 0 Å². The number of nitrogens with zero attached hydrogens (tertiary/aromatic N) is 1. The summed E-state index contributed by atoms with van der Waals surface area (Å²) >= 11 is 0. The van der Waals surface area contributed by atoms with Gasteiger partial charge in [-0.1, -0.05) is 53.7 Å². The van der Waals surface area contributed by atoms with Crippen molar-refractivity contribution in [3.05, 3.63) is 65.9 Å². The Kier molecular flexibility index (Phi) is 3.98. The Morgan fingerprint density at radius 2 is 1.88 bits per heavy atom. The van der Waals surface area contributed by atoms with Crippen LogP contribution in [0.5, 0.6) is 5.75 Å². The number of aryl methyl sites for hydroxylation is 1. The van der Waals surface area contributed by atoms with Gasteiger partial charge in [0.2, 0.25) is 5.91 Å². The molecule has 25 heavy (non-hydrogen) atoms. The molecule has 1 atom stereocenters. The first-order chi connectivity index (χ1) is 12.2. The average Bonchev–Trinajstić information content (AvgIpc) is 3.02. The number of nitrogens with one attached hydrogen (secondary N) is 1. The van der Waals surface area contributed by atoms with Gasteiger partial charge in [0.15, 0.2) is 5.76 Å². The summed E-state index contributed by atoms with van der Waals surface area (Å²) in [5, 5.41) is 6.99. The molecule has 0 spiro atoms. The fraction of sp³-hybridized carbons (Fsp3) is 0.200. The normalized spacial score (nSPS) is 16.0. The molecule has 0 bridgehead atoms. The summed E-state index contributed by atoms with van der Waals surface area (Å²) in [4.78, 5) is 12.8. The van der Waals surface area contributed by atoms with Crippen molar-refractivity contribution in [1.82, 2.24) is 5.16 Å². The zero-order chi connectivity index (χ0) is 17.2. The average molecular weight is 334 g/mol. The number of benzene rings is 2. The Bertz CT molecular complexity index is 902. The standard InChI is InChI=1S/C20H18N2O3/c1-13-18(19(25-22-13)14-7-3-2-4-8-14)21-20(23)16-11-15-9-5-6-10-17(15)24-12-16/h2-10,16H,11-12H2,1H3,(H,21,23). The van der Waals surface area contributed by atoms with Crippen molar-refractivity contribution in [3.8, 4) is 17.1 Å². The maximum Gasteiger partial charge on any atom is 0.231 e. The Morgan fingerprint density at radius 3 is 2.72 bits per heavy atom. The molecule has 126 valence electrons. The monoisotopic (exact) mass is 334 g/mol. The summed E-state index contributed by atoms with van der Waals surface area (Å²) in [6, 6.07) is 17.4. The van der Waals surface area contributed by atoms with Gasteiger partial charge in [0.1, 0.15) is 23.7 Å². The number of amides is 1. The van der Waals surface area contributed by atoms with Gasteiger partial charge in [-0.15, -0.1) is 0 Å². The lowest BCUT2D eigenvalue weighted by Crippen LogP contribution is -2.32. The highest BCUT2D eigenvalue weighted by Gasteiger charge is 2.27. The van der Waals surface area contributed by atoms with Gasteiger partial charge in [-0.3, -0.25) is 4.79 Å². The molecule has 3 aromatic rings. The molecule has 1 aromatic heterocycles. The second kappa shape index (κ2) is 6.43. The van der Waals surface area contributed by atoms with E-state index in [0.29, 0.717) is 30.2 Å². The number of hydrogen-bond acceptors (Lipinski definition) is 4. The molecule has 0 aliphatic carbocycles. The van der Waals surface area contributed by atoms with Crippen LogP contribution in [0.15, 0.2) is 59.1 Å². The molecule has 1 N–H and O–H groups in total. The molecule has 2 aromatic carbocycles. The first kappa shape index (κ1) is 15.4. The van der Waals surface area contributed by atoms with Gasteiger partial charge in [-0.05, 0) is 25.0 Å². The maximum atomic E-state index is 12.8. The lowest BCUT2D eigenvalue weighted by atomic mass is 9.96. The highest BCUT2D eigenvalue weighted by Crippen LogP contribution is 2.32. The van der Waals surface area contributed by atoms with E-state index >= 15 is 0 Å². The van der Waals surface area contributed by atoms with Gasteiger partial charge in [-0.2, -0.15) is 0 Å². The molecule has 0 saturated heterocycles. The van der Waals surface area contributed by atoms with Gasteiger partial charge in [0.05, 0.1) is 5.92 Å². The zero-order valence-corrected chi connectivity index (χ0v) is 13.9. The van der Waals surface area contributed by atoms with E-state index in [1.807, 2.05) is 61.5 Å². The van der Waals surface area contributed by atoms with E-state index in [4.69, 9.17) is 9.26 Å². The Labute approximate surface area is 145 Å². The van der Waals surface area contributed by atoms with Crippen LogP contribution in [0.1, 0.15) is 11.3 Å². The molecule has 1 aliphatic heterocycles. The van der Waals surface area contributed by atoms with Crippen molar-refractivity contribution in [3.63, 3.8) is 0 Å². The molecule has 1 unspecified atom stereocenters. The van der Waals surface area contributed by atoms with Gasteiger partial charge >= 0.3 is 0 Å². The lowest BCUT2D eigenvalue weighted by Gasteiger charge is -2.24. The molecular formula is C20H18N2O3. The van der Waals surface area contributed by atoms with Gasteiger partial charge in [-0.25, -0.2) is 0 Å². The molecule has 0 saturated carbocycles. The number of aromatic nitrogens is 1. The summed E-state index contributed by atoms with van der Waals surface area (Å²) in [6.07, 6.45) is 0.660. The number of rotatable bonds is 3. The van der Waals surface area contributed by atoms with Crippen molar-refractivity contribution in [2.24, 2.45) is 5.92 Å². The van der Waals surface area contributed by atoms with Crippen LogP contribution >= 0.6 is 0 Å². The third kappa shape index (κ3) is 3.01. The first-order valence-electron chi connectivity index (χ1n) is 8.25. The molecule has 2 heterocycles. The molecule has 5 nitrogen and oxygen atoms in total. The predicted octanol–water partition coefficient (Wildman–Crippen LogP) is 3.84. The second-order valence-corrected chi connectivity index (χ2v) is 6.15. The van der Waals surface area contributed by atoms with Crippen LogP contribution in [0.25, 0.3) is 11.3 Å². The zero-order valence-electron chi connectivity index (χ0n) is 13.9. The highest BCUT2D eigenvalue weighted by atomic mass is 16.5. The molecule has 0 radical (unpaired) electrons. The molecular weight excluding hydrogens is 316 g/mol.